The van der Waals surface area contributed by atoms with Gasteiger partial charge in [0.2, 0.25) is 0 Å². The zero-order chi connectivity index (χ0) is 29.5. The monoisotopic (exact) mass is 604 g/mol. The predicted octanol–water partition coefficient (Wildman–Crippen LogP) is 7.50. The first-order valence-electron chi connectivity index (χ1n) is 13.8. The lowest BCUT2D eigenvalue weighted by Gasteiger charge is -2.39. The molecule has 1 saturated carbocycles. The second-order valence-corrected chi connectivity index (χ2v) is 11.7. The highest BCUT2D eigenvalue weighted by atomic mass is 35.5. The number of halogens is 7. The van der Waals surface area contributed by atoms with Gasteiger partial charge in [-0.2, -0.15) is 13.2 Å². The molecule has 3 aliphatic rings. The lowest BCUT2D eigenvalue weighted by Crippen LogP contribution is -2.49. The fourth-order valence-electron chi connectivity index (χ4n) is 5.77. The Morgan fingerprint density at radius 1 is 1.05 bits per heavy atom. The van der Waals surface area contributed by atoms with Crippen molar-refractivity contribution < 1.29 is 41.0 Å². The van der Waals surface area contributed by atoms with Gasteiger partial charge in [0.1, 0.15) is 35.7 Å². The molecule has 1 N–H and O–H groups in total. The Labute approximate surface area is 239 Å². The van der Waals surface area contributed by atoms with Crippen LogP contribution in [0.1, 0.15) is 72.3 Å². The van der Waals surface area contributed by atoms with Gasteiger partial charge in [-0.15, -0.1) is 0 Å². The highest BCUT2D eigenvalue weighted by Crippen LogP contribution is 2.45. The first-order valence-corrected chi connectivity index (χ1v) is 14.1. The number of hydrogen-bond acceptors (Lipinski definition) is 4. The van der Waals surface area contributed by atoms with Gasteiger partial charge in [-0.3, -0.25) is 4.90 Å². The highest BCUT2D eigenvalue weighted by Gasteiger charge is 2.45. The maximum atomic E-state index is 15.7. The first kappa shape index (κ1) is 29.8. The number of carboxylic acid groups (broad SMARTS) is 1. The lowest BCUT2D eigenvalue weighted by molar-refractivity contribution is -0.152. The summed E-state index contributed by atoms with van der Waals surface area (Å²) in [6.45, 7) is 0.352. The molecule has 2 aromatic carbocycles. The topological polar surface area (TPSA) is 53.0 Å². The number of piperidine rings is 2. The summed E-state index contributed by atoms with van der Waals surface area (Å²) in [6.07, 6.45) is -1.72. The number of benzene rings is 2. The second kappa shape index (κ2) is 11.6. The number of nitrogens with zero attached hydrogens (tertiary/aromatic N) is 2. The molecule has 2 heterocycles. The van der Waals surface area contributed by atoms with Crippen LogP contribution in [0, 0.1) is 11.6 Å². The van der Waals surface area contributed by atoms with E-state index in [0.29, 0.717) is 18.4 Å². The van der Waals surface area contributed by atoms with E-state index in [-0.39, 0.29) is 80.0 Å². The van der Waals surface area contributed by atoms with Crippen LogP contribution >= 0.6 is 11.6 Å². The number of hydrogen-bond donors (Lipinski definition) is 1. The van der Waals surface area contributed by atoms with Gasteiger partial charge >= 0.3 is 12.1 Å². The molecule has 12 heteroatoms. The van der Waals surface area contributed by atoms with Crippen LogP contribution in [0.2, 0.25) is 5.02 Å². The number of ether oxygens (including phenoxy) is 1. The predicted molar refractivity (Wildman–Crippen MR) is 142 cm³/mol. The van der Waals surface area contributed by atoms with E-state index in [1.54, 1.807) is 0 Å². The van der Waals surface area contributed by atoms with Crippen molar-refractivity contribution in [1.82, 2.24) is 4.90 Å². The summed E-state index contributed by atoms with van der Waals surface area (Å²) in [4.78, 5) is 14.4. The van der Waals surface area contributed by atoms with Crippen LogP contribution < -0.4 is 9.64 Å². The highest BCUT2D eigenvalue weighted by molar-refractivity contribution is 6.31. The van der Waals surface area contributed by atoms with Gasteiger partial charge in [0.05, 0.1) is 10.6 Å². The molecule has 3 fully saturated rings. The smallest absolute Gasteiger partial charge is 0.408 e. The van der Waals surface area contributed by atoms with E-state index in [1.165, 1.54) is 23.1 Å². The van der Waals surface area contributed by atoms with E-state index in [0.717, 1.165) is 18.9 Å². The molecule has 0 aromatic heterocycles. The molecule has 1 aliphatic carbocycles. The number of alkyl halides is 4. The largest absolute Gasteiger partial charge is 0.490 e. The van der Waals surface area contributed by atoms with E-state index in [2.05, 4.69) is 0 Å². The Bertz CT molecular complexity index is 1290. The Morgan fingerprint density at radius 3 is 2.39 bits per heavy atom. The SMILES string of the molecule is O=C(O)c1cc(C2CC2)c(OCC2(F)CCN(Cc3cc(N4CCCCC4C(F)(F)F)cc(Cl)c3F)CC2)cc1F. The number of aromatic carboxylic acids is 1. The Kier molecular flexibility index (Phi) is 8.40. The number of anilines is 1. The summed E-state index contributed by atoms with van der Waals surface area (Å²) in [5.41, 5.74) is -1.28. The Balaban J connectivity index is 1.24. The van der Waals surface area contributed by atoms with Crippen LogP contribution in [-0.4, -0.2) is 60.1 Å². The molecule has 5 nitrogen and oxygen atoms in total. The average molecular weight is 605 g/mol. The summed E-state index contributed by atoms with van der Waals surface area (Å²) in [7, 11) is 0. The molecule has 41 heavy (non-hydrogen) atoms. The van der Waals surface area contributed by atoms with Crippen molar-refractivity contribution in [3.63, 3.8) is 0 Å². The summed E-state index contributed by atoms with van der Waals surface area (Å²) in [5, 5.41) is 8.96. The van der Waals surface area contributed by atoms with Crippen molar-refractivity contribution in [3.8, 4) is 5.75 Å². The molecule has 0 amide bonds. The third-order valence-electron chi connectivity index (χ3n) is 8.28. The molecule has 0 spiro atoms. The fourth-order valence-corrected chi connectivity index (χ4v) is 6.00. The molecular formula is C29H31ClF6N2O3. The van der Waals surface area contributed by atoms with Crippen LogP contribution in [0.3, 0.4) is 0 Å². The van der Waals surface area contributed by atoms with Crippen molar-refractivity contribution in [1.29, 1.82) is 0 Å². The number of carbonyl (C=O) groups is 1. The fraction of sp³-hybridized carbons (Fsp3) is 0.552. The van der Waals surface area contributed by atoms with Crippen LogP contribution in [-0.2, 0) is 6.54 Å². The minimum absolute atomic E-state index is 0.0404. The van der Waals surface area contributed by atoms with Gasteiger partial charge in [0.15, 0.2) is 0 Å². The summed E-state index contributed by atoms with van der Waals surface area (Å²) < 4.78 is 91.6. The van der Waals surface area contributed by atoms with Gasteiger partial charge < -0.3 is 14.7 Å². The minimum atomic E-state index is -4.43. The third kappa shape index (κ3) is 6.71. The van der Waals surface area contributed by atoms with E-state index < -0.39 is 41.1 Å². The van der Waals surface area contributed by atoms with Crippen molar-refractivity contribution in [2.45, 2.75) is 75.3 Å². The molecule has 0 bridgehead atoms. The molecule has 1 unspecified atom stereocenters. The standard InChI is InChI=1S/C29H31ClF6N2O3/c30-22-12-19(38-8-2-1-3-25(38)29(34,35)36)11-18(26(22)32)15-37-9-6-28(33,7-10-37)16-41-24-14-23(31)21(27(39)40)13-20(24)17-4-5-17/h11-14,17,25H,1-10,15-16H2,(H,39,40). The molecule has 5 rings (SSSR count). The van der Waals surface area contributed by atoms with Gasteiger partial charge in [-0.1, -0.05) is 11.6 Å². The lowest BCUT2D eigenvalue weighted by atomic mass is 9.93. The number of likely N-dealkylation sites (tertiary alicyclic amines) is 1. The quantitative estimate of drug-likeness (QED) is 0.316. The van der Waals surface area contributed by atoms with Crippen LogP contribution in [0.25, 0.3) is 0 Å². The van der Waals surface area contributed by atoms with Gasteiger partial charge in [0, 0.05) is 43.5 Å². The molecule has 224 valence electrons. The molecular weight excluding hydrogens is 574 g/mol. The zero-order valence-electron chi connectivity index (χ0n) is 22.3. The summed E-state index contributed by atoms with van der Waals surface area (Å²) in [6, 6.07) is 3.22. The van der Waals surface area contributed by atoms with E-state index >= 15 is 4.39 Å². The number of carboxylic acids is 1. The van der Waals surface area contributed by atoms with E-state index in [9.17, 15) is 31.9 Å². The van der Waals surface area contributed by atoms with Crippen LogP contribution in [0.15, 0.2) is 24.3 Å². The van der Waals surface area contributed by atoms with Crippen molar-refractivity contribution in [2.24, 2.45) is 0 Å². The third-order valence-corrected chi connectivity index (χ3v) is 8.56. The van der Waals surface area contributed by atoms with Crippen LogP contribution in [0.5, 0.6) is 5.75 Å². The summed E-state index contributed by atoms with van der Waals surface area (Å²) in [5.74, 6) is -2.86. The van der Waals surface area contributed by atoms with Gasteiger partial charge in [-0.25, -0.2) is 18.0 Å². The molecule has 2 saturated heterocycles. The van der Waals surface area contributed by atoms with Gasteiger partial charge in [0.25, 0.3) is 0 Å². The first-order chi connectivity index (χ1) is 19.3. The molecule has 2 aromatic rings. The van der Waals surface area contributed by atoms with E-state index in [1.807, 2.05) is 4.90 Å². The molecule has 2 aliphatic heterocycles. The average Bonchev–Trinajstić information content (AvgIpc) is 3.76. The number of rotatable bonds is 8. The molecule has 1 atom stereocenters. The summed E-state index contributed by atoms with van der Waals surface area (Å²) >= 11 is 6.10. The van der Waals surface area contributed by atoms with Crippen molar-refractivity contribution >= 4 is 23.3 Å². The Morgan fingerprint density at radius 2 is 1.76 bits per heavy atom. The van der Waals surface area contributed by atoms with Crippen molar-refractivity contribution in [2.75, 3.05) is 31.1 Å². The maximum absolute atomic E-state index is 15.7. The van der Waals surface area contributed by atoms with Gasteiger partial charge in [-0.05, 0) is 74.6 Å². The van der Waals surface area contributed by atoms with Crippen molar-refractivity contribution in [3.05, 3.63) is 57.6 Å². The van der Waals surface area contributed by atoms with Crippen LogP contribution in [0.4, 0.5) is 32.0 Å². The molecule has 0 radical (unpaired) electrons. The second-order valence-electron chi connectivity index (χ2n) is 11.3. The zero-order valence-corrected chi connectivity index (χ0v) is 23.0. The minimum Gasteiger partial charge on any atom is -0.490 e. The normalized spacial score (nSPS) is 21.6. The Hall–Kier alpha value is -2.66. The maximum Gasteiger partial charge on any atom is 0.408 e. The van der Waals surface area contributed by atoms with E-state index in [4.69, 9.17) is 16.3 Å².